The molecule has 1 aromatic carbocycles. The van der Waals surface area contributed by atoms with E-state index >= 15 is 0 Å². The third kappa shape index (κ3) is 2.84. The summed E-state index contributed by atoms with van der Waals surface area (Å²) in [4.78, 5) is 14.3. The number of rotatable bonds is 3. The van der Waals surface area contributed by atoms with Gasteiger partial charge in [-0.2, -0.15) is 0 Å². The van der Waals surface area contributed by atoms with E-state index in [1.165, 1.54) is 5.56 Å². The van der Waals surface area contributed by atoms with Crippen molar-refractivity contribution in [3.05, 3.63) is 59.8 Å². The molecule has 0 saturated carbocycles. The highest BCUT2D eigenvalue weighted by atomic mass is 35.5. The van der Waals surface area contributed by atoms with Gasteiger partial charge >= 0.3 is 0 Å². The number of fused-ring (bicyclic) bond motifs is 1. The molecule has 0 unspecified atom stereocenters. The van der Waals surface area contributed by atoms with E-state index in [0.717, 1.165) is 42.7 Å². The molecule has 7 heteroatoms. The fourth-order valence-corrected chi connectivity index (χ4v) is 4.25. The molecule has 2 saturated heterocycles. The number of aromatic amines is 1. The van der Waals surface area contributed by atoms with Crippen LogP contribution in [0.15, 0.2) is 49.2 Å². The Kier molecular flexibility index (Phi) is 4.04. The second-order valence-corrected chi connectivity index (χ2v) is 7.43. The van der Waals surface area contributed by atoms with Crippen LogP contribution < -0.4 is 0 Å². The number of hydrogen-bond donors (Lipinski definition) is 1. The van der Waals surface area contributed by atoms with Gasteiger partial charge in [0.1, 0.15) is 5.69 Å². The molecule has 3 atom stereocenters. The molecule has 4 heterocycles. The van der Waals surface area contributed by atoms with Crippen molar-refractivity contribution in [1.29, 1.82) is 0 Å². The number of halogens is 1. The van der Waals surface area contributed by atoms with Gasteiger partial charge in [0.2, 0.25) is 0 Å². The van der Waals surface area contributed by atoms with Gasteiger partial charge in [-0.15, -0.1) is 0 Å². The molecule has 2 fully saturated rings. The third-order valence-electron chi connectivity index (χ3n) is 5.44. The second-order valence-electron chi connectivity index (χ2n) is 6.99. The molecule has 6 nitrogen and oxygen atoms in total. The van der Waals surface area contributed by atoms with Crippen molar-refractivity contribution in [3.8, 4) is 11.5 Å². The highest BCUT2D eigenvalue weighted by Crippen LogP contribution is 2.36. The predicted molar refractivity (Wildman–Crippen MR) is 99.0 cm³/mol. The van der Waals surface area contributed by atoms with Gasteiger partial charge in [-0.3, -0.25) is 4.90 Å². The van der Waals surface area contributed by atoms with Crippen molar-refractivity contribution in [1.82, 2.24) is 24.4 Å². The van der Waals surface area contributed by atoms with Gasteiger partial charge in [0.05, 0.1) is 25.2 Å². The Morgan fingerprint density at radius 1 is 1.15 bits per heavy atom. The number of morpholine rings is 1. The fraction of sp³-hybridized carbons (Fsp3) is 0.368. The first-order valence-electron chi connectivity index (χ1n) is 8.90. The van der Waals surface area contributed by atoms with Crippen molar-refractivity contribution >= 4 is 11.6 Å². The number of imidazole rings is 2. The van der Waals surface area contributed by atoms with Crippen LogP contribution in [0.2, 0.25) is 5.02 Å². The standard InChI is InChI=1S/C19H20ClN5O/c20-14-3-1-13(2-4-14)18-10-24-9-15(7-16(24)11-26-18)25-6-5-22-19(25)17-8-21-12-23-17/h1-6,8,12,15-16,18H,7,9-11H2,(H,21,23)/t15-,16+,18-/m1/s1. The molecule has 2 aliphatic rings. The number of nitrogens with zero attached hydrogens (tertiary/aromatic N) is 4. The van der Waals surface area contributed by atoms with E-state index in [9.17, 15) is 0 Å². The van der Waals surface area contributed by atoms with Crippen LogP contribution in [0.1, 0.15) is 24.1 Å². The SMILES string of the molecule is Clc1ccc([C@H]2CN3C[C@H](n4ccnc4-c4cnc[nH]4)C[C@H]3CO2)cc1. The van der Waals surface area contributed by atoms with Gasteiger partial charge in [-0.05, 0) is 24.1 Å². The zero-order chi connectivity index (χ0) is 17.5. The zero-order valence-electron chi connectivity index (χ0n) is 14.3. The van der Waals surface area contributed by atoms with Crippen LogP contribution in [0.4, 0.5) is 0 Å². The van der Waals surface area contributed by atoms with Crippen molar-refractivity contribution < 1.29 is 4.74 Å². The van der Waals surface area contributed by atoms with E-state index < -0.39 is 0 Å². The lowest BCUT2D eigenvalue weighted by atomic mass is 10.1. The summed E-state index contributed by atoms with van der Waals surface area (Å²) in [5, 5.41) is 0.759. The molecule has 1 N–H and O–H groups in total. The Labute approximate surface area is 156 Å². The summed E-state index contributed by atoms with van der Waals surface area (Å²) in [5.41, 5.74) is 2.15. The van der Waals surface area contributed by atoms with Crippen LogP contribution in [0.5, 0.6) is 0 Å². The van der Waals surface area contributed by atoms with Crippen molar-refractivity contribution in [3.63, 3.8) is 0 Å². The molecule has 2 aliphatic heterocycles. The average Bonchev–Trinajstić information content (AvgIpc) is 3.40. The van der Waals surface area contributed by atoms with Gasteiger partial charge in [-0.1, -0.05) is 23.7 Å². The molecule has 0 bridgehead atoms. The number of aromatic nitrogens is 4. The highest BCUT2D eigenvalue weighted by Gasteiger charge is 2.39. The molecule has 0 aliphatic carbocycles. The van der Waals surface area contributed by atoms with Gasteiger partial charge in [0, 0.05) is 42.6 Å². The first-order chi connectivity index (χ1) is 12.8. The first kappa shape index (κ1) is 16.1. The van der Waals surface area contributed by atoms with Gasteiger partial charge in [-0.25, -0.2) is 9.97 Å². The molecule has 3 aromatic rings. The van der Waals surface area contributed by atoms with Gasteiger partial charge in [0.15, 0.2) is 5.82 Å². The summed E-state index contributed by atoms with van der Waals surface area (Å²) >= 11 is 6.01. The lowest BCUT2D eigenvalue weighted by Gasteiger charge is -2.35. The fourth-order valence-electron chi connectivity index (χ4n) is 4.12. The Balaban J connectivity index is 1.33. The number of nitrogens with one attached hydrogen (secondary N) is 1. The summed E-state index contributed by atoms with van der Waals surface area (Å²) in [6.45, 7) is 2.68. The summed E-state index contributed by atoms with van der Waals surface area (Å²) < 4.78 is 8.43. The zero-order valence-corrected chi connectivity index (χ0v) is 15.0. The van der Waals surface area contributed by atoms with Crippen LogP contribution in [0, 0.1) is 0 Å². The number of hydrogen-bond acceptors (Lipinski definition) is 4. The van der Waals surface area contributed by atoms with Crippen LogP contribution in [-0.4, -0.2) is 50.2 Å². The van der Waals surface area contributed by atoms with Crippen LogP contribution in [0.3, 0.4) is 0 Å². The quantitative estimate of drug-likeness (QED) is 0.769. The highest BCUT2D eigenvalue weighted by molar-refractivity contribution is 6.30. The van der Waals surface area contributed by atoms with Crippen LogP contribution >= 0.6 is 11.6 Å². The Bertz CT molecular complexity index is 876. The minimum absolute atomic E-state index is 0.108. The molecular weight excluding hydrogens is 350 g/mol. The maximum atomic E-state index is 6.16. The van der Waals surface area contributed by atoms with E-state index in [1.54, 1.807) is 6.33 Å². The minimum Gasteiger partial charge on any atom is -0.371 e. The molecule has 5 rings (SSSR count). The van der Waals surface area contributed by atoms with E-state index in [0.29, 0.717) is 12.1 Å². The lowest BCUT2D eigenvalue weighted by Crippen LogP contribution is -2.42. The van der Waals surface area contributed by atoms with Crippen molar-refractivity contribution in [2.75, 3.05) is 19.7 Å². The molecule has 0 spiro atoms. The van der Waals surface area contributed by atoms with Crippen molar-refractivity contribution in [2.45, 2.75) is 24.6 Å². The Hall–Kier alpha value is -2.15. The van der Waals surface area contributed by atoms with Crippen LogP contribution in [0.25, 0.3) is 11.5 Å². The smallest absolute Gasteiger partial charge is 0.158 e. The van der Waals surface area contributed by atoms with Crippen molar-refractivity contribution in [2.24, 2.45) is 0 Å². The predicted octanol–water partition coefficient (Wildman–Crippen LogP) is 3.31. The molecule has 0 amide bonds. The van der Waals surface area contributed by atoms with E-state index in [1.807, 2.05) is 24.5 Å². The summed E-state index contributed by atoms with van der Waals surface area (Å²) in [5.74, 6) is 0.947. The molecule has 26 heavy (non-hydrogen) atoms. The number of H-pyrrole nitrogens is 1. The molecule has 2 aromatic heterocycles. The number of benzene rings is 1. The Morgan fingerprint density at radius 2 is 2.04 bits per heavy atom. The third-order valence-corrected chi connectivity index (χ3v) is 5.69. The van der Waals surface area contributed by atoms with Crippen LogP contribution in [-0.2, 0) is 4.74 Å². The molecular formula is C19H20ClN5O. The maximum absolute atomic E-state index is 6.16. The number of ether oxygens (including phenoxy) is 1. The van der Waals surface area contributed by atoms with E-state index in [2.05, 4.69) is 42.7 Å². The maximum Gasteiger partial charge on any atom is 0.158 e. The largest absolute Gasteiger partial charge is 0.371 e. The second kappa shape index (κ2) is 6.54. The van der Waals surface area contributed by atoms with Gasteiger partial charge < -0.3 is 14.3 Å². The molecule has 134 valence electrons. The monoisotopic (exact) mass is 369 g/mol. The topological polar surface area (TPSA) is 59.0 Å². The normalized spacial score (nSPS) is 26.1. The van der Waals surface area contributed by atoms with E-state index in [4.69, 9.17) is 16.3 Å². The minimum atomic E-state index is 0.108. The molecule has 0 radical (unpaired) electrons. The summed E-state index contributed by atoms with van der Waals surface area (Å²) in [6.07, 6.45) is 8.62. The summed E-state index contributed by atoms with van der Waals surface area (Å²) in [6, 6.07) is 8.84. The van der Waals surface area contributed by atoms with Gasteiger partial charge in [0.25, 0.3) is 0 Å². The lowest BCUT2D eigenvalue weighted by molar-refractivity contribution is -0.0502. The first-order valence-corrected chi connectivity index (χ1v) is 9.28. The Morgan fingerprint density at radius 3 is 2.85 bits per heavy atom. The average molecular weight is 370 g/mol. The summed E-state index contributed by atoms with van der Waals surface area (Å²) in [7, 11) is 0. The van der Waals surface area contributed by atoms with E-state index in [-0.39, 0.29) is 6.10 Å².